The van der Waals surface area contributed by atoms with E-state index in [1.165, 1.54) is 6.07 Å². The normalized spacial score (nSPS) is 16.1. The molecular formula is C20H18FN3O2. The zero-order chi connectivity index (χ0) is 18.1. The molecule has 6 heteroatoms. The van der Waals surface area contributed by atoms with Crippen molar-refractivity contribution in [3.63, 3.8) is 0 Å². The van der Waals surface area contributed by atoms with Crippen LogP contribution in [0.15, 0.2) is 54.7 Å². The lowest BCUT2D eigenvalue weighted by atomic mass is 9.87. The number of amides is 1. The Morgan fingerprint density at radius 2 is 1.96 bits per heavy atom. The molecule has 4 rings (SSSR count). The van der Waals surface area contributed by atoms with Gasteiger partial charge >= 0.3 is 0 Å². The number of para-hydroxylation sites is 1. The van der Waals surface area contributed by atoms with Gasteiger partial charge < -0.3 is 10.1 Å². The van der Waals surface area contributed by atoms with Gasteiger partial charge in [-0.1, -0.05) is 36.4 Å². The van der Waals surface area contributed by atoms with Crippen LogP contribution in [-0.4, -0.2) is 15.7 Å². The lowest BCUT2D eigenvalue weighted by Gasteiger charge is -2.25. The van der Waals surface area contributed by atoms with Gasteiger partial charge in [0.25, 0.3) is 0 Å². The van der Waals surface area contributed by atoms with E-state index in [0.717, 1.165) is 11.1 Å². The first-order valence-corrected chi connectivity index (χ1v) is 8.40. The van der Waals surface area contributed by atoms with E-state index in [1.807, 2.05) is 24.3 Å². The van der Waals surface area contributed by atoms with Gasteiger partial charge in [-0.05, 0) is 12.1 Å². The molecule has 0 spiro atoms. The Morgan fingerprint density at radius 3 is 2.81 bits per heavy atom. The fraction of sp³-hybridized carbons (Fsp3) is 0.200. The summed E-state index contributed by atoms with van der Waals surface area (Å²) in [5.74, 6) is 0.844. The standard InChI is InChI=1S/C20H18FN3O2/c1-24-20-16(11-22-24)15(10-19(25)23-20)14-7-3-5-9-18(14)26-12-13-6-2-4-8-17(13)21/h2-9,11,15H,10,12H2,1H3,(H,23,25)/t15-/m0/s1. The Labute approximate surface area is 150 Å². The second-order valence-corrected chi connectivity index (χ2v) is 6.29. The van der Waals surface area contributed by atoms with Crippen molar-refractivity contribution in [3.8, 4) is 5.75 Å². The van der Waals surface area contributed by atoms with Gasteiger partial charge in [-0.2, -0.15) is 5.10 Å². The fourth-order valence-electron chi connectivity index (χ4n) is 3.29. The average Bonchev–Trinajstić information content (AvgIpc) is 3.02. The number of carbonyl (C=O) groups is 1. The number of benzene rings is 2. The first-order chi connectivity index (χ1) is 12.6. The Balaban J connectivity index is 1.66. The molecule has 2 aromatic carbocycles. The summed E-state index contributed by atoms with van der Waals surface area (Å²) < 4.78 is 21.4. The highest BCUT2D eigenvalue weighted by atomic mass is 19.1. The molecule has 1 aliphatic rings. The highest BCUT2D eigenvalue weighted by Gasteiger charge is 2.31. The van der Waals surface area contributed by atoms with Gasteiger partial charge in [-0.3, -0.25) is 9.48 Å². The molecule has 1 aromatic heterocycles. The molecule has 5 nitrogen and oxygen atoms in total. The maximum atomic E-state index is 13.9. The van der Waals surface area contributed by atoms with Gasteiger partial charge in [0, 0.05) is 36.1 Å². The SMILES string of the molecule is Cn1ncc2c1NC(=O)C[C@H]2c1ccccc1OCc1ccccc1F. The van der Waals surface area contributed by atoms with Crippen molar-refractivity contribution in [2.45, 2.75) is 18.9 Å². The molecule has 0 radical (unpaired) electrons. The largest absolute Gasteiger partial charge is 0.488 e. The summed E-state index contributed by atoms with van der Waals surface area (Å²) >= 11 is 0. The first kappa shape index (κ1) is 16.3. The Hall–Kier alpha value is -3.15. The molecular weight excluding hydrogens is 333 g/mol. The van der Waals surface area contributed by atoms with Crippen LogP contribution in [0.1, 0.15) is 29.0 Å². The molecule has 1 atom stereocenters. The number of ether oxygens (including phenoxy) is 1. The number of halogens is 1. The predicted molar refractivity (Wildman–Crippen MR) is 95.5 cm³/mol. The van der Waals surface area contributed by atoms with E-state index in [4.69, 9.17) is 4.74 Å². The smallest absolute Gasteiger partial charge is 0.226 e. The van der Waals surface area contributed by atoms with Gasteiger partial charge in [0.2, 0.25) is 5.91 Å². The molecule has 2 heterocycles. The summed E-state index contributed by atoms with van der Waals surface area (Å²) in [7, 11) is 1.79. The van der Waals surface area contributed by atoms with Crippen LogP contribution in [0.4, 0.5) is 10.2 Å². The maximum Gasteiger partial charge on any atom is 0.226 e. The van der Waals surface area contributed by atoms with E-state index in [9.17, 15) is 9.18 Å². The number of nitrogens with one attached hydrogen (secondary N) is 1. The van der Waals surface area contributed by atoms with Crippen molar-refractivity contribution in [1.29, 1.82) is 0 Å². The van der Waals surface area contributed by atoms with Crippen LogP contribution in [0, 0.1) is 5.82 Å². The minimum Gasteiger partial charge on any atom is -0.488 e. The first-order valence-electron chi connectivity index (χ1n) is 8.40. The minimum atomic E-state index is -0.295. The van der Waals surface area contributed by atoms with E-state index < -0.39 is 0 Å². The van der Waals surface area contributed by atoms with Crippen molar-refractivity contribution < 1.29 is 13.9 Å². The number of aromatic nitrogens is 2. The summed E-state index contributed by atoms with van der Waals surface area (Å²) in [6, 6.07) is 14.1. The number of carbonyl (C=O) groups excluding carboxylic acids is 1. The Morgan fingerprint density at radius 1 is 1.19 bits per heavy atom. The molecule has 0 saturated carbocycles. The number of rotatable bonds is 4. The van der Waals surface area contributed by atoms with E-state index >= 15 is 0 Å². The lowest BCUT2D eigenvalue weighted by Crippen LogP contribution is -2.24. The third kappa shape index (κ3) is 2.94. The van der Waals surface area contributed by atoms with Gasteiger partial charge in [0.15, 0.2) is 0 Å². The van der Waals surface area contributed by atoms with Crippen LogP contribution in [-0.2, 0) is 18.4 Å². The van der Waals surface area contributed by atoms with E-state index in [2.05, 4.69) is 10.4 Å². The van der Waals surface area contributed by atoms with Crippen LogP contribution >= 0.6 is 0 Å². The zero-order valence-electron chi connectivity index (χ0n) is 14.3. The van der Waals surface area contributed by atoms with E-state index in [-0.39, 0.29) is 24.2 Å². The topological polar surface area (TPSA) is 56.2 Å². The number of nitrogens with zero attached hydrogens (tertiary/aromatic N) is 2. The summed E-state index contributed by atoms with van der Waals surface area (Å²) in [5.41, 5.74) is 2.34. The number of hydrogen-bond donors (Lipinski definition) is 1. The van der Waals surface area contributed by atoms with Crippen molar-refractivity contribution in [2.24, 2.45) is 7.05 Å². The molecule has 1 aliphatic heterocycles. The highest BCUT2D eigenvalue weighted by Crippen LogP contribution is 2.40. The van der Waals surface area contributed by atoms with Crippen molar-refractivity contribution in [2.75, 3.05) is 5.32 Å². The molecule has 26 heavy (non-hydrogen) atoms. The predicted octanol–water partition coefficient (Wildman–Crippen LogP) is 3.61. The molecule has 1 amide bonds. The number of fused-ring (bicyclic) bond motifs is 1. The molecule has 132 valence electrons. The molecule has 1 N–H and O–H groups in total. The lowest BCUT2D eigenvalue weighted by molar-refractivity contribution is -0.116. The molecule has 3 aromatic rings. The second kappa shape index (κ2) is 6.63. The summed E-state index contributed by atoms with van der Waals surface area (Å²) in [5, 5.41) is 7.12. The van der Waals surface area contributed by atoms with Crippen molar-refractivity contribution in [3.05, 3.63) is 77.2 Å². The van der Waals surface area contributed by atoms with Gasteiger partial charge in [0.05, 0.1) is 6.20 Å². The van der Waals surface area contributed by atoms with Crippen LogP contribution in [0.25, 0.3) is 0 Å². The number of aryl methyl sites for hydroxylation is 1. The van der Waals surface area contributed by atoms with E-state index in [0.29, 0.717) is 23.6 Å². The molecule has 0 fully saturated rings. The summed E-state index contributed by atoms with van der Waals surface area (Å²) in [6.07, 6.45) is 2.09. The molecule has 0 unspecified atom stereocenters. The summed E-state index contributed by atoms with van der Waals surface area (Å²) in [4.78, 5) is 12.2. The number of anilines is 1. The van der Waals surface area contributed by atoms with Crippen LogP contribution < -0.4 is 10.1 Å². The molecule has 0 bridgehead atoms. The third-order valence-corrected chi connectivity index (χ3v) is 4.63. The van der Waals surface area contributed by atoms with Crippen molar-refractivity contribution >= 4 is 11.7 Å². The number of hydrogen-bond acceptors (Lipinski definition) is 3. The van der Waals surface area contributed by atoms with Gasteiger partial charge in [-0.15, -0.1) is 0 Å². The van der Waals surface area contributed by atoms with Gasteiger partial charge in [0.1, 0.15) is 24.0 Å². The second-order valence-electron chi connectivity index (χ2n) is 6.29. The summed E-state index contributed by atoms with van der Waals surface area (Å²) in [6.45, 7) is 0.127. The zero-order valence-corrected chi connectivity index (χ0v) is 14.3. The van der Waals surface area contributed by atoms with Crippen LogP contribution in [0.5, 0.6) is 5.75 Å². The average molecular weight is 351 g/mol. The minimum absolute atomic E-state index is 0.0602. The Kier molecular flexibility index (Phi) is 4.16. The quantitative estimate of drug-likeness (QED) is 0.781. The molecule has 0 aliphatic carbocycles. The maximum absolute atomic E-state index is 13.9. The van der Waals surface area contributed by atoms with Gasteiger partial charge in [-0.25, -0.2) is 4.39 Å². The third-order valence-electron chi connectivity index (χ3n) is 4.63. The monoisotopic (exact) mass is 351 g/mol. The van der Waals surface area contributed by atoms with Crippen molar-refractivity contribution in [1.82, 2.24) is 9.78 Å². The van der Waals surface area contributed by atoms with Crippen LogP contribution in [0.3, 0.4) is 0 Å². The van der Waals surface area contributed by atoms with E-state index in [1.54, 1.807) is 36.1 Å². The highest BCUT2D eigenvalue weighted by molar-refractivity contribution is 5.94. The van der Waals surface area contributed by atoms with Crippen LogP contribution in [0.2, 0.25) is 0 Å². The molecule has 0 saturated heterocycles. The fourth-order valence-corrected chi connectivity index (χ4v) is 3.29. The Bertz CT molecular complexity index is 967.